The third-order valence-corrected chi connectivity index (χ3v) is 8.19. The van der Waals surface area contributed by atoms with Crippen molar-refractivity contribution in [1.82, 2.24) is 14.6 Å². The van der Waals surface area contributed by atoms with E-state index in [1.54, 1.807) is 36.6 Å². The Bertz CT molecular complexity index is 1400. The van der Waals surface area contributed by atoms with Gasteiger partial charge in [-0.1, -0.05) is 30.3 Å². The Morgan fingerprint density at radius 1 is 1.10 bits per heavy atom. The lowest BCUT2D eigenvalue weighted by Gasteiger charge is -2.23. The Morgan fingerprint density at radius 3 is 2.26 bits per heavy atom. The number of sulfonamides is 1. The molecule has 3 rings (SSSR count). The summed E-state index contributed by atoms with van der Waals surface area (Å²) in [5.41, 5.74) is 2.94. The Balaban J connectivity index is 0.000000476. The molecule has 0 bridgehead atoms. The zero-order valence-electron chi connectivity index (χ0n) is 24.4. The van der Waals surface area contributed by atoms with Crippen LogP contribution in [-0.2, 0) is 32.5 Å². The van der Waals surface area contributed by atoms with Crippen LogP contribution in [0.4, 0.5) is 0 Å². The minimum atomic E-state index is -3.24. The number of carbonyl (C=O) groups is 3. The van der Waals surface area contributed by atoms with Crippen molar-refractivity contribution < 1.29 is 37.0 Å². The number of rotatable bonds is 14. The molecular weight excluding hydrogens is 582 g/mol. The van der Waals surface area contributed by atoms with Crippen LogP contribution < -0.4 is 14.2 Å². The predicted molar refractivity (Wildman–Crippen MR) is 161 cm³/mol. The van der Waals surface area contributed by atoms with E-state index in [1.165, 1.54) is 30.9 Å². The molecule has 228 valence electrons. The van der Waals surface area contributed by atoms with Crippen LogP contribution in [0, 0.1) is 6.92 Å². The van der Waals surface area contributed by atoms with E-state index in [1.807, 2.05) is 25.1 Å². The molecule has 3 aromatic rings. The molecule has 11 nitrogen and oxygen atoms in total. The molecule has 0 fully saturated rings. The minimum absolute atomic E-state index is 0.0987. The van der Waals surface area contributed by atoms with Gasteiger partial charge in [0.1, 0.15) is 28.8 Å². The van der Waals surface area contributed by atoms with Crippen LogP contribution in [0.3, 0.4) is 0 Å². The fraction of sp³-hybridized carbons (Fsp3) is 0.379. The van der Waals surface area contributed by atoms with Gasteiger partial charge in [0.05, 0.1) is 26.5 Å². The highest BCUT2D eigenvalue weighted by molar-refractivity contribution is 7.89. The average Bonchev–Trinajstić information content (AvgIpc) is 3.44. The van der Waals surface area contributed by atoms with Gasteiger partial charge in [-0.25, -0.2) is 18.1 Å². The van der Waals surface area contributed by atoms with Crippen molar-refractivity contribution in [2.75, 3.05) is 40.2 Å². The van der Waals surface area contributed by atoms with E-state index in [0.29, 0.717) is 35.8 Å². The van der Waals surface area contributed by atoms with Crippen LogP contribution in [0.15, 0.2) is 47.8 Å². The van der Waals surface area contributed by atoms with Crippen LogP contribution in [0.5, 0.6) is 11.5 Å². The zero-order chi connectivity index (χ0) is 31.1. The van der Waals surface area contributed by atoms with Gasteiger partial charge < -0.3 is 19.1 Å². The summed E-state index contributed by atoms with van der Waals surface area (Å²) in [5, 5.41) is 2.42. The highest BCUT2D eigenvalue weighted by atomic mass is 32.2. The molecule has 0 aliphatic rings. The number of aryl methyl sites for hydroxylation is 1. The third-order valence-electron chi connectivity index (χ3n) is 6.01. The molecule has 0 saturated heterocycles. The molecule has 0 atom stereocenters. The predicted octanol–water partition coefficient (Wildman–Crippen LogP) is 3.66. The summed E-state index contributed by atoms with van der Waals surface area (Å²) in [6.45, 7) is 3.91. The second-order valence-electron chi connectivity index (χ2n) is 8.97. The van der Waals surface area contributed by atoms with Crippen LogP contribution in [-0.4, -0.2) is 76.6 Å². The summed E-state index contributed by atoms with van der Waals surface area (Å²) in [7, 11) is 1.21. The molecule has 1 amide bonds. The Kier molecular flexibility index (Phi) is 14.1. The average molecular weight is 620 g/mol. The summed E-state index contributed by atoms with van der Waals surface area (Å²) in [5.74, 6) is 0.404. The standard InChI is InChI=1S/C24H26N2O4S.C5H11NO4S/c1-17-21(29-2)12-19(13-22(17)30-3)24(28)26(14-23-25-20(15-27)16-31-23)11-7-10-18-8-5-4-6-9-18;1-5(7)10-3-4-11(8,9)6-2/h4-6,8-9,12-13,15-16H,7,10-11,14H2,1-3H3;6H,3-4H2,1-2H3. The van der Waals surface area contributed by atoms with Crippen LogP contribution in [0.2, 0.25) is 0 Å². The first-order valence-corrected chi connectivity index (χ1v) is 15.6. The third kappa shape index (κ3) is 11.2. The molecule has 0 unspecified atom stereocenters. The van der Waals surface area contributed by atoms with Crippen molar-refractivity contribution in [3.63, 3.8) is 0 Å². The number of nitrogens with zero attached hydrogens (tertiary/aromatic N) is 2. The van der Waals surface area contributed by atoms with Gasteiger partial charge in [-0.3, -0.25) is 14.4 Å². The van der Waals surface area contributed by atoms with E-state index in [0.717, 1.165) is 29.7 Å². The number of esters is 1. The Morgan fingerprint density at radius 2 is 1.74 bits per heavy atom. The van der Waals surface area contributed by atoms with Gasteiger partial charge in [0.15, 0.2) is 6.29 Å². The lowest BCUT2D eigenvalue weighted by molar-refractivity contribution is -0.140. The molecule has 1 heterocycles. The van der Waals surface area contributed by atoms with Gasteiger partial charge in [-0.15, -0.1) is 11.3 Å². The lowest BCUT2D eigenvalue weighted by Crippen LogP contribution is -2.32. The van der Waals surface area contributed by atoms with Crippen LogP contribution in [0.25, 0.3) is 0 Å². The van der Waals surface area contributed by atoms with Crippen molar-refractivity contribution in [1.29, 1.82) is 0 Å². The van der Waals surface area contributed by atoms with Gasteiger partial charge in [-0.05, 0) is 44.5 Å². The Hall–Kier alpha value is -3.81. The van der Waals surface area contributed by atoms with Crippen LogP contribution in [0.1, 0.15) is 50.3 Å². The highest BCUT2D eigenvalue weighted by Crippen LogP contribution is 2.30. The van der Waals surface area contributed by atoms with Gasteiger partial charge in [-0.2, -0.15) is 0 Å². The van der Waals surface area contributed by atoms with E-state index >= 15 is 0 Å². The molecule has 0 saturated carbocycles. The minimum Gasteiger partial charge on any atom is -0.496 e. The maximum atomic E-state index is 13.4. The molecule has 42 heavy (non-hydrogen) atoms. The van der Waals surface area contributed by atoms with E-state index < -0.39 is 16.0 Å². The number of hydrogen-bond acceptors (Lipinski definition) is 10. The van der Waals surface area contributed by atoms with Crippen molar-refractivity contribution in [2.45, 2.75) is 33.2 Å². The molecule has 0 spiro atoms. The number of aldehydes is 1. The second-order valence-corrected chi connectivity index (χ2v) is 12.0. The second kappa shape index (κ2) is 17.2. The van der Waals surface area contributed by atoms with E-state index in [-0.39, 0.29) is 18.3 Å². The van der Waals surface area contributed by atoms with Gasteiger partial charge in [0, 0.05) is 30.0 Å². The topological polar surface area (TPSA) is 141 Å². The van der Waals surface area contributed by atoms with Crippen LogP contribution >= 0.6 is 11.3 Å². The smallest absolute Gasteiger partial charge is 0.302 e. The van der Waals surface area contributed by atoms with Crippen molar-refractivity contribution >= 4 is 39.5 Å². The molecule has 0 radical (unpaired) electrons. The van der Waals surface area contributed by atoms with Crippen molar-refractivity contribution in [3.05, 3.63) is 75.2 Å². The first kappa shape index (κ1) is 34.4. The summed E-state index contributed by atoms with van der Waals surface area (Å²) < 4.78 is 38.7. The number of nitrogens with one attached hydrogen (secondary N) is 1. The number of ether oxygens (including phenoxy) is 3. The fourth-order valence-electron chi connectivity index (χ4n) is 3.78. The van der Waals surface area contributed by atoms with Gasteiger partial charge in [0.2, 0.25) is 10.0 Å². The fourth-order valence-corrected chi connectivity index (χ4v) is 5.04. The summed E-state index contributed by atoms with van der Waals surface area (Å²) in [6.07, 6.45) is 2.39. The maximum absolute atomic E-state index is 13.4. The quantitative estimate of drug-likeness (QED) is 0.211. The normalized spacial score (nSPS) is 10.7. The summed E-state index contributed by atoms with van der Waals surface area (Å²) in [6, 6.07) is 13.7. The maximum Gasteiger partial charge on any atom is 0.302 e. The molecular formula is C29H37N3O8S2. The number of carbonyl (C=O) groups excluding carboxylic acids is 3. The molecule has 1 N–H and O–H groups in total. The first-order valence-electron chi connectivity index (χ1n) is 13.0. The van der Waals surface area contributed by atoms with E-state index in [4.69, 9.17) is 9.47 Å². The molecule has 1 aromatic heterocycles. The Labute approximate surface area is 250 Å². The van der Waals surface area contributed by atoms with E-state index in [9.17, 15) is 22.8 Å². The number of hydrogen-bond donors (Lipinski definition) is 1. The van der Waals surface area contributed by atoms with E-state index in [2.05, 4.69) is 26.6 Å². The number of methoxy groups -OCH3 is 2. The molecule has 13 heteroatoms. The SMILES string of the molecule is CNS(=O)(=O)CCOC(C)=O.COc1cc(C(=O)N(CCCc2ccccc2)Cc2nc(C=O)cs2)cc(OC)c1C. The number of aromatic nitrogens is 1. The zero-order valence-corrected chi connectivity index (χ0v) is 26.0. The number of benzene rings is 2. The summed E-state index contributed by atoms with van der Waals surface area (Å²) in [4.78, 5) is 40.7. The first-order chi connectivity index (χ1) is 20.0. The van der Waals surface area contributed by atoms with Crippen molar-refractivity contribution in [3.8, 4) is 11.5 Å². The van der Waals surface area contributed by atoms with Gasteiger partial charge in [0.25, 0.3) is 5.91 Å². The highest BCUT2D eigenvalue weighted by Gasteiger charge is 2.21. The van der Waals surface area contributed by atoms with Crippen molar-refractivity contribution in [2.24, 2.45) is 0 Å². The largest absolute Gasteiger partial charge is 0.496 e. The van der Waals surface area contributed by atoms with Gasteiger partial charge >= 0.3 is 5.97 Å². The molecule has 0 aliphatic carbocycles. The number of thiazole rings is 1. The summed E-state index contributed by atoms with van der Waals surface area (Å²) >= 11 is 1.38. The monoisotopic (exact) mass is 619 g/mol. The lowest BCUT2D eigenvalue weighted by atomic mass is 10.1. The molecule has 0 aliphatic heterocycles. The number of amides is 1. The molecule has 2 aromatic carbocycles.